The molecule has 1 aromatic heterocycles. The summed E-state index contributed by atoms with van der Waals surface area (Å²) >= 11 is 0. The zero-order valence-corrected chi connectivity index (χ0v) is 12.3. The minimum Gasteiger partial charge on any atom is -0.308 e. The van der Waals surface area contributed by atoms with Gasteiger partial charge in [0, 0.05) is 29.9 Å². The first-order chi connectivity index (χ1) is 9.49. The number of piperidine rings is 1. The van der Waals surface area contributed by atoms with Crippen molar-refractivity contribution in [2.24, 2.45) is 0 Å². The van der Waals surface area contributed by atoms with E-state index in [-0.39, 0.29) is 10.6 Å². The van der Waals surface area contributed by atoms with E-state index in [1.807, 2.05) is 0 Å². The molecule has 2 heterocycles. The summed E-state index contributed by atoms with van der Waals surface area (Å²) in [5.41, 5.74) is 2.27. The summed E-state index contributed by atoms with van der Waals surface area (Å²) < 4.78 is 0. The molecule has 1 saturated heterocycles. The molecular formula is C14H22N4O2. The second-order valence-electron chi connectivity index (χ2n) is 5.58. The lowest BCUT2D eigenvalue weighted by Crippen LogP contribution is -2.40. The minimum atomic E-state index is -0.314. The molecule has 0 atom stereocenters. The van der Waals surface area contributed by atoms with Crippen molar-refractivity contribution in [1.82, 2.24) is 15.2 Å². The van der Waals surface area contributed by atoms with Gasteiger partial charge in [-0.15, -0.1) is 0 Å². The van der Waals surface area contributed by atoms with E-state index in [1.54, 1.807) is 20.0 Å². The fourth-order valence-electron chi connectivity index (χ4n) is 2.68. The number of aryl methyl sites for hydroxylation is 1. The molecular weight excluding hydrogens is 256 g/mol. The first-order valence-corrected chi connectivity index (χ1v) is 7.00. The van der Waals surface area contributed by atoms with Gasteiger partial charge in [-0.25, -0.2) is 0 Å². The molecule has 6 nitrogen and oxygen atoms in total. The first-order valence-electron chi connectivity index (χ1n) is 7.00. The second-order valence-corrected chi connectivity index (χ2v) is 5.58. The van der Waals surface area contributed by atoms with Crippen molar-refractivity contribution in [1.29, 1.82) is 0 Å². The topological polar surface area (TPSA) is 71.3 Å². The number of nitrogens with one attached hydrogen (secondary N) is 1. The predicted molar refractivity (Wildman–Crippen MR) is 77.7 cm³/mol. The highest BCUT2D eigenvalue weighted by Gasteiger charge is 2.20. The molecule has 6 heteroatoms. The molecule has 0 saturated carbocycles. The Balaban J connectivity index is 2.03. The molecule has 0 bridgehead atoms. The Kier molecular flexibility index (Phi) is 4.67. The molecule has 1 aliphatic rings. The number of nitrogens with zero attached hydrogens (tertiary/aromatic N) is 3. The molecule has 0 amide bonds. The molecule has 0 spiro atoms. The lowest BCUT2D eigenvalue weighted by atomic mass is 10.0. The monoisotopic (exact) mass is 278 g/mol. The van der Waals surface area contributed by atoms with E-state index in [2.05, 4.69) is 22.2 Å². The predicted octanol–water partition coefficient (Wildman–Crippen LogP) is 1.79. The maximum Gasteiger partial charge on any atom is 0.278 e. The maximum absolute atomic E-state index is 11.1. The third-order valence-electron chi connectivity index (χ3n) is 4.03. The Morgan fingerprint density at radius 3 is 2.70 bits per heavy atom. The average molecular weight is 278 g/mol. The van der Waals surface area contributed by atoms with Gasteiger partial charge in [-0.2, -0.15) is 0 Å². The highest BCUT2D eigenvalue weighted by molar-refractivity contribution is 5.47. The molecule has 1 aromatic rings. The molecule has 0 aliphatic carbocycles. The maximum atomic E-state index is 11.1. The van der Waals surface area contributed by atoms with Crippen molar-refractivity contribution in [3.8, 4) is 0 Å². The zero-order chi connectivity index (χ0) is 14.7. The smallest absolute Gasteiger partial charge is 0.278 e. The van der Waals surface area contributed by atoms with Crippen molar-refractivity contribution < 1.29 is 4.92 Å². The van der Waals surface area contributed by atoms with E-state index in [1.165, 1.54) is 0 Å². The Morgan fingerprint density at radius 2 is 2.10 bits per heavy atom. The van der Waals surface area contributed by atoms with Crippen LogP contribution >= 0.6 is 0 Å². The third-order valence-corrected chi connectivity index (χ3v) is 4.03. The summed E-state index contributed by atoms with van der Waals surface area (Å²) in [5.74, 6) is 0. The lowest BCUT2D eigenvalue weighted by molar-refractivity contribution is -0.386. The van der Waals surface area contributed by atoms with E-state index < -0.39 is 0 Å². The van der Waals surface area contributed by atoms with Crippen LogP contribution in [0, 0.1) is 24.0 Å². The van der Waals surface area contributed by atoms with Crippen LogP contribution in [0.5, 0.6) is 0 Å². The van der Waals surface area contributed by atoms with Crippen LogP contribution < -0.4 is 5.32 Å². The van der Waals surface area contributed by atoms with E-state index in [0.717, 1.165) is 31.6 Å². The highest BCUT2D eigenvalue weighted by Crippen LogP contribution is 2.24. The van der Waals surface area contributed by atoms with Crippen LogP contribution in [0.15, 0.2) is 6.20 Å². The summed E-state index contributed by atoms with van der Waals surface area (Å²) in [6, 6.07) is 0.479. The molecule has 1 fully saturated rings. The first kappa shape index (κ1) is 14.9. The Hall–Kier alpha value is -1.53. The van der Waals surface area contributed by atoms with Gasteiger partial charge in [-0.3, -0.25) is 15.1 Å². The van der Waals surface area contributed by atoms with Gasteiger partial charge >= 0.3 is 0 Å². The van der Waals surface area contributed by atoms with Crippen LogP contribution in [0.2, 0.25) is 0 Å². The molecule has 0 radical (unpaired) electrons. The van der Waals surface area contributed by atoms with Crippen molar-refractivity contribution in [2.45, 2.75) is 39.3 Å². The number of hydrogen-bond acceptors (Lipinski definition) is 5. The molecule has 110 valence electrons. The van der Waals surface area contributed by atoms with Crippen LogP contribution in [-0.4, -0.2) is 41.0 Å². The normalized spacial score (nSPS) is 17.4. The number of pyridine rings is 1. The van der Waals surface area contributed by atoms with E-state index in [9.17, 15) is 10.1 Å². The van der Waals surface area contributed by atoms with Crippen molar-refractivity contribution in [2.75, 3.05) is 20.1 Å². The SMILES string of the molecule is Cc1cnc(CNC2CCN(C)CC2)c(C)c1[N+](=O)[O-]. The van der Waals surface area contributed by atoms with Gasteiger partial charge in [-0.05, 0) is 46.8 Å². The average Bonchev–Trinajstić information content (AvgIpc) is 2.39. The van der Waals surface area contributed by atoms with Gasteiger partial charge < -0.3 is 10.2 Å². The fourth-order valence-corrected chi connectivity index (χ4v) is 2.68. The number of hydrogen-bond donors (Lipinski definition) is 1. The van der Waals surface area contributed by atoms with Gasteiger partial charge in [0.1, 0.15) is 0 Å². The van der Waals surface area contributed by atoms with Crippen LogP contribution in [0.4, 0.5) is 5.69 Å². The summed E-state index contributed by atoms with van der Waals surface area (Å²) in [6.07, 6.45) is 3.82. The molecule has 0 aromatic carbocycles. The fraction of sp³-hybridized carbons (Fsp3) is 0.643. The van der Waals surface area contributed by atoms with Crippen molar-refractivity contribution >= 4 is 5.69 Å². The van der Waals surface area contributed by atoms with Crippen LogP contribution in [0.3, 0.4) is 0 Å². The third kappa shape index (κ3) is 3.32. The number of nitro groups is 1. The molecule has 20 heavy (non-hydrogen) atoms. The lowest BCUT2D eigenvalue weighted by Gasteiger charge is -2.29. The molecule has 0 unspecified atom stereocenters. The van der Waals surface area contributed by atoms with E-state index in [4.69, 9.17) is 0 Å². The standard InChI is InChI=1S/C14H22N4O2/c1-10-8-16-13(11(2)14(10)18(19)20)9-15-12-4-6-17(3)7-5-12/h8,12,15H,4-7,9H2,1-3H3. The minimum absolute atomic E-state index is 0.195. The number of aromatic nitrogens is 1. The summed E-state index contributed by atoms with van der Waals surface area (Å²) in [7, 11) is 2.13. The zero-order valence-electron chi connectivity index (χ0n) is 12.3. The number of rotatable bonds is 4. The largest absolute Gasteiger partial charge is 0.308 e. The molecule has 1 aliphatic heterocycles. The van der Waals surface area contributed by atoms with Gasteiger partial charge in [-0.1, -0.05) is 0 Å². The second kappa shape index (κ2) is 6.28. The quantitative estimate of drug-likeness (QED) is 0.671. The van der Waals surface area contributed by atoms with Crippen LogP contribution in [0.1, 0.15) is 29.7 Å². The van der Waals surface area contributed by atoms with Crippen LogP contribution in [-0.2, 0) is 6.54 Å². The van der Waals surface area contributed by atoms with Crippen molar-refractivity contribution in [3.63, 3.8) is 0 Å². The number of likely N-dealkylation sites (tertiary alicyclic amines) is 1. The Morgan fingerprint density at radius 1 is 1.45 bits per heavy atom. The Bertz CT molecular complexity index is 496. The van der Waals surface area contributed by atoms with Gasteiger partial charge in [0.05, 0.1) is 10.6 Å². The van der Waals surface area contributed by atoms with E-state index >= 15 is 0 Å². The summed E-state index contributed by atoms with van der Waals surface area (Å²) in [6.45, 7) is 6.30. The summed E-state index contributed by atoms with van der Waals surface area (Å²) in [4.78, 5) is 17.4. The van der Waals surface area contributed by atoms with Gasteiger partial charge in [0.25, 0.3) is 5.69 Å². The Labute approximate surface area is 119 Å². The van der Waals surface area contributed by atoms with Crippen LogP contribution in [0.25, 0.3) is 0 Å². The summed E-state index contributed by atoms with van der Waals surface area (Å²) in [5, 5.41) is 14.6. The van der Waals surface area contributed by atoms with Gasteiger partial charge in [0.15, 0.2) is 0 Å². The van der Waals surface area contributed by atoms with Gasteiger partial charge in [0.2, 0.25) is 0 Å². The highest BCUT2D eigenvalue weighted by atomic mass is 16.6. The van der Waals surface area contributed by atoms with Crippen molar-refractivity contribution in [3.05, 3.63) is 33.1 Å². The molecule has 1 N–H and O–H groups in total. The van der Waals surface area contributed by atoms with E-state index in [0.29, 0.717) is 23.7 Å². The molecule has 2 rings (SSSR count).